The number of ether oxygens (including phenoxy) is 1. The molecule has 0 saturated carbocycles. The second-order valence-corrected chi connectivity index (χ2v) is 3.78. The van der Waals surface area contributed by atoms with Gasteiger partial charge < -0.3 is 15.7 Å². The lowest BCUT2D eigenvalue weighted by Gasteiger charge is -2.06. The van der Waals surface area contributed by atoms with E-state index >= 15 is 0 Å². The molecule has 0 saturated heterocycles. The second kappa shape index (κ2) is 5.22. The van der Waals surface area contributed by atoms with Gasteiger partial charge in [-0.25, -0.2) is 4.98 Å². The Balaban J connectivity index is 2.43. The summed E-state index contributed by atoms with van der Waals surface area (Å²) in [6.45, 7) is 1.77. The Bertz CT molecular complexity index is 680. The first-order valence-electron chi connectivity index (χ1n) is 5.33. The molecule has 0 aromatic carbocycles. The Hall–Kier alpha value is -3.17. The van der Waals surface area contributed by atoms with Crippen molar-refractivity contribution in [1.29, 1.82) is 0 Å². The van der Waals surface area contributed by atoms with E-state index in [9.17, 15) is 10.1 Å². The third kappa shape index (κ3) is 2.63. The third-order valence-corrected chi connectivity index (χ3v) is 2.31. The van der Waals surface area contributed by atoms with Gasteiger partial charge in [-0.2, -0.15) is 0 Å². The predicted octanol–water partition coefficient (Wildman–Crippen LogP) is 0.908. The lowest BCUT2D eigenvalue weighted by Crippen LogP contribution is -2.15. The summed E-state index contributed by atoms with van der Waals surface area (Å²) in [5, 5.41) is 28.7. The highest BCUT2D eigenvalue weighted by atomic mass is 16.6. The first-order chi connectivity index (χ1) is 9.51. The normalized spacial score (nSPS) is 11.3. The average molecular weight is 278 g/mol. The molecule has 0 atom stereocenters. The minimum atomic E-state index is -0.649. The molecule has 0 aliphatic rings. The number of rotatable bonds is 4. The molecule has 2 rings (SSSR count). The van der Waals surface area contributed by atoms with Crippen LogP contribution in [0.1, 0.15) is 11.3 Å². The first-order valence-corrected chi connectivity index (χ1v) is 5.33. The van der Waals surface area contributed by atoms with Crippen molar-refractivity contribution < 1.29 is 14.9 Å². The van der Waals surface area contributed by atoms with Crippen LogP contribution < -0.4 is 10.5 Å². The van der Waals surface area contributed by atoms with E-state index in [4.69, 9.17) is 15.7 Å². The highest BCUT2D eigenvalue weighted by Crippen LogP contribution is 2.25. The highest BCUT2D eigenvalue weighted by Gasteiger charge is 2.18. The van der Waals surface area contributed by atoms with Crippen molar-refractivity contribution >= 4 is 11.5 Å². The molecule has 10 nitrogen and oxygen atoms in total. The molecule has 0 aliphatic heterocycles. The Morgan fingerprint density at radius 3 is 2.90 bits per heavy atom. The maximum absolute atomic E-state index is 10.7. The number of nitro groups is 1. The molecule has 2 heterocycles. The van der Waals surface area contributed by atoms with E-state index < -0.39 is 4.92 Å². The van der Waals surface area contributed by atoms with Gasteiger partial charge in [-0.1, -0.05) is 5.16 Å². The van der Waals surface area contributed by atoms with E-state index in [0.717, 1.165) is 18.0 Å². The lowest BCUT2D eigenvalue weighted by molar-refractivity contribution is -0.385. The summed E-state index contributed by atoms with van der Waals surface area (Å²) in [6.07, 6.45) is 1.00. The molecular weight excluding hydrogens is 268 g/mol. The third-order valence-electron chi connectivity index (χ3n) is 2.31. The van der Waals surface area contributed by atoms with E-state index in [-0.39, 0.29) is 28.8 Å². The Labute approximate surface area is 112 Å². The molecule has 10 heteroatoms. The fourth-order valence-electron chi connectivity index (χ4n) is 1.40. The molecule has 0 amide bonds. The van der Waals surface area contributed by atoms with Crippen LogP contribution in [0, 0.1) is 17.0 Å². The fraction of sp³-hybridized carbons (Fsp3) is 0.100. The van der Waals surface area contributed by atoms with Crippen LogP contribution in [0.2, 0.25) is 0 Å². The fourth-order valence-corrected chi connectivity index (χ4v) is 1.40. The number of pyridine rings is 1. The molecule has 0 bridgehead atoms. The summed E-state index contributed by atoms with van der Waals surface area (Å²) in [7, 11) is 0. The summed E-state index contributed by atoms with van der Waals surface area (Å²) in [6, 6.07) is 2.69. The molecule has 2 aromatic rings. The van der Waals surface area contributed by atoms with Crippen LogP contribution in [0.5, 0.6) is 11.8 Å². The number of nitrogens with two attached hydrogens (primary N) is 1. The molecule has 4 N–H and O–H groups in total. The van der Waals surface area contributed by atoms with Crippen LogP contribution in [0.4, 0.5) is 5.69 Å². The predicted molar refractivity (Wildman–Crippen MR) is 66.8 cm³/mol. The highest BCUT2D eigenvalue weighted by molar-refractivity contribution is 5.99. The van der Waals surface area contributed by atoms with Crippen LogP contribution in [-0.4, -0.2) is 31.1 Å². The van der Waals surface area contributed by atoms with Gasteiger partial charge in [-0.3, -0.25) is 15.2 Å². The van der Waals surface area contributed by atoms with Gasteiger partial charge in [-0.05, 0) is 6.92 Å². The molecule has 2 aromatic heterocycles. The van der Waals surface area contributed by atoms with E-state index in [1.54, 1.807) is 13.0 Å². The van der Waals surface area contributed by atoms with Gasteiger partial charge in [0.1, 0.15) is 6.20 Å². The summed E-state index contributed by atoms with van der Waals surface area (Å²) < 4.78 is 5.34. The number of aromatic nitrogens is 3. The number of hydrogen-bond donors (Lipinski definition) is 3. The maximum Gasteiger partial charge on any atom is 0.288 e. The number of nitrogens with zero attached hydrogens (tertiary/aromatic N) is 4. The molecular formula is C10H10N6O4. The van der Waals surface area contributed by atoms with Crippen molar-refractivity contribution in [1.82, 2.24) is 15.2 Å². The van der Waals surface area contributed by atoms with Crippen LogP contribution in [0.25, 0.3) is 0 Å². The van der Waals surface area contributed by atoms with E-state index in [1.807, 2.05) is 0 Å². The van der Waals surface area contributed by atoms with Crippen molar-refractivity contribution in [3.05, 3.63) is 39.7 Å². The monoisotopic (exact) mass is 278 g/mol. The Kier molecular flexibility index (Phi) is 3.46. The Morgan fingerprint density at radius 1 is 1.60 bits per heavy atom. The molecule has 0 spiro atoms. The summed E-state index contributed by atoms with van der Waals surface area (Å²) in [4.78, 5) is 13.8. The van der Waals surface area contributed by atoms with Gasteiger partial charge in [0.05, 0.1) is 10.5 Å². The van der Waals surface area contributed by atoms with Crippen molar-refractivity contribution in [2.24, 2.45) is 10.9 Å². The zero-order valence-electron chi connectivity index (χ0n) is 10.3. The second-order valence-electron chi connectivity index (χ2n) is 3.78. The Morgan fingerprint density at radius 2 is 2.35 bits per heavy atom. The van der Waals surface area contributed by atoms with Gasteiger partial charge in [0.2, 0.25) is 11.8 Å². The standard InChI is InChI=1S/C10H10N6O4/c1-5-2-8(14-13-5)20-10-7(9(11)15-17)3-6(4-12-10)16(18)19/h2-4,17H,1H3,(H2,11,15)(H,13,14). The zero-order valence-corrected chi connectivity index (χ0v) is 10.3. The SMILES string of the molecule is Cc1cc(Oc2ncc([N+](=O)[O-])cc2/C(N)=N/O)n[nH]1. The number of amidine groups is 1. The van der Waals surface area contributed by atoms with Gasteiger partial charge in [-0.15, -0.1) is 5.10 Å². The summed E-state index contributed by atoms with van der Waals surface area (Å²) in [5.41, 5.74) is 5.89. The average Bonchev–Trinajstić information content (AvgIpc) is 2.83. The van der Waals surface area contributed by atoms with Gasteiger partial charge >= 0.3 is 0 Å². The lowest BCUT2D eigenvalue weighted by atomic mass is 10.2. The molecule has 0 fully saturated rings. The van der Waals surface area contributed by atoms with E-state index in [2.05, 4.69) is 20.3 Å². The maximum atomic E-state index is 10.7. The van der Waals surface area contributed by atoms with Crippen LogP contribution in [-0.2, 0) is 0 Å². The van der Waals surface area contributed by atoms with Crippen molar-refractivity contribution in [2.75, 3.05) is 0 Å². The van der Waals surface area contributed by atoms with Crippen LogP contribution >= 0.6 is 0 Å². The molecule has 104 valence electrons. The minimum Gasteiger partial charge on any atom is -0.418 e. The van der Waals surface area contributed by atoms with Crippen LogP contribution in [0.15, 0.2) is 23.5 Å². The van der Waals surface area contributed by atoms with Crippen molar-refractivity contribution in [2.45, 2.75) is 6.92 Å². The van der Waals surface area contributed by atoms with Gasteiger partial charge in [0.25, 0.3) is 5.69 Å². The van der Waals surface area contributed by atoms with Crippen LogP contribution in [0.3, 0.4) is 0 Å². The first kappa shape index (κ1) is 13.3. The molecule has 20 heavy (non-hydrogen) atoms. The number of H-pyrrole nitrogens is 1. The summed E-state index contributed by atoms with van der Waals surface area (Å²) >= 11 is 0. The van der Waals surface area contributed by atoms with Crippen molar-refractivity contribution in [3.63, 3.8) is 0 Å². The number of oxime groups is 1. The number of hydrogen-bond acceptors (Lipinski definition) is 7. The largest absolute Gasteiger partial charge is 0.418 e. The number of aromatic amines is 1. The van der Waals surface area contributed by atoms with Crippen molar-refractivity contribution in [3.8, 4) is 11.8 Å². The summed E-state index contributed by atoms with van der Waals surface area (Å²) in [5.74, 6) is -0.211. The van der Waals surface area contributed by atoms with E-state index in [1.165, 1.54) is 0 Å². The van der Waals surface area contributed by atoms with E-state index in [0.29, 0.717) is 0 Å². The number of aryl methyl sites for hydroxylation is 1. The molecule has 0 unspecified atom stereocenters. The molecule has 0 aliphatic carbocycles. The molecule has 0 radical (unpaired) electrons. The minimum absolute atomic E-state index is 0.0117. The van der Waals surface area contributed by atoms with Gasteiger partial charge in [0, 0.05) is 17.8 Å². The van der Waals surface area contributed by atoms with Gasteiger partial charge in [0.15, 0.2) is 5.84 Å². The topological polar surface area (TPSA) is 153 Å². The zero-order chi connectivity index (χ0) is 14.7. The number of nitrogens with one attached hydrogen (secondary N) is 1. The smallest absolute Gasteiger partial charge is 0.288 e. The quantitative estimate of drug-likeness (QED) is 0.247.